The summed E-state index contributed by atoms with van der Waals surface area (Å²) >= 11 is 0. The molecule has 17 heavy (non-hydrogen) atoms. The maximum absolute atomic E-state index is 4.63. The molecule has 0 radical (unpaired) electrons. The van der Waals surface area contributed by atoms with Crippen molar-refractivity contribution in [1.82, 2.24) is 15.1 Å². The molecule has 1 aromatic heterocycles. The monoisotopic (exact) mass is 235 g/mol. The van der Waals surface area contributed by atoms with Gasteiger partial charge in [0.05, 0.1) is 5.69 Å². The number of nitrogens with one attached hydrogen (secondary N) is 1. The Labute approximate surface area is 105 Å². The van der Waals surface area contributed by atoms with Crippen LogP contribution < -0.4 is 5.32 Å². The number of hydrogen-bond acceptors (Lipinski definition) is 2. The molecule has 0 saturated heterocycles. The maximum atomic E-state index is 4.63. The zero-order valence-corrected chi connectivity index (χ0v) is 11.6. The fourth-order valence-corrected chi connectivity index (χ4v) is 2.42. The van der Waals surface area contributed by atoms with E-state index in [2.05, 4.69) is 42.8 Å². The van der Waals surface area contributed by atoms with Crippen molar-refractivity contribution in [3.63, 3.8) is 0 Å². The van der Waals surface area contributed by atoms with Crippen LogP contribution in [0.2, 0.25) is 0 Å². The Morgan fingerprint density at radius 1 is 1.35 bits per heavy atom. The molecule has 1 aromatic rings. The van der Waals surface area contributed by atoms with Crippen molar-refractivity contribution in [2.24, 2.45) is 0 Å². The van der Waals surface area contributed by atoms with Crippen LogP contribution in [0.5, 0.6) is 0 Å². The van der Waals surface area contributed by atoms with Crippen LogP contribution in [0.25, 0.3) is 0 Å². The number of nitrogens with zero attached hydrogens (tertiary/aromatic N) is 2. The topological polar surface area (TPSA) is 29.9 Å². The highest BCUT2D eigenvalue weighted by atomic mass is 15.3. The molecule has 3 nitrogen and oxygen atoms in total. The molecule has 2 rings (SSSR count). The summed E-state index contributed by atoms with van der Waals surface area (Å²) in [5.74, 6) is 0. The lowest BCUT2D eigenvalue weighted by atomic mass is 10.1. The largest absolute Gasteiger partial charge is 0.314 e. The number of rotatable bonds is 6. The molecular formula is C14H25N3. The van der Waals surface area contributed by atoms with E-state index in [0.29, 0.717) is 6.04 Å². The van der Waals surface area contributed by atoms with Crippen molar-refractivity contribution in [2.45, 2.75) is 65.5 Å². The van der Waals surface area contributed by atoms with Crippen LogP contribution in [0.1, 0.15) is 56.1 Å². The molecule has 1 fully saturated rings. The van der Waals surface area contributed by atoms with Gasteiger partial charge in [-0.3, -0.25) is 4.68 Å². The van der Waals surface area contributed by atoms with Gasteiger partial charge in [0.1, 0.15) is 0 Å². The zero-order chi connectivity index (χ0) is 12.4. The summed E-state index contributed by atoms with van der Waals surface area (Å²) in [5.41, 5.74) is 4.02. The Morgan fingerprint density at radius 2 is 2.06 bits per heavy atom. The Bertz CT molecular complexity index is 375. The molecule has 0 atom stereocenters. The number of hydrogen-bond donors (Lipinski definition) is 1. The molecule has 1 aliphatic carbocycles. The van der Waals surface area contributed by atoms with Gasteiger partial charge < -0.3 is 5.32 Å². The molecule has 96 valence electrons. The first-order valence-corrected chi connectivity index (χ1v) is 6.87. The normalized spacial score (nSPS) is 15.8. The van der Waals surface area contributed by atoms with Crippen molar-refractivity contribution < 1.29 is 0 Å². The first kappa shape index (κ1) is 12.6. The molecule has 0 unspecified atom stereocenters. The van der Waals surface area contributed by atoms with E-state index in [0.717, 1.165) is 19.0 Å². The Balaban J connectivity index is 1.89. The van der Waals surface area contributed by atoms with E-state index >= 15 is 0 Å². The van der Waals surface area contributed by atoms with Crippen LogP contribution in [-0.2, 0) is 6.42 Å². The first-order valence-electron chi connectivity index (χ1n) is 6.87. The predicted octanol–water partition coefficient (Wildman–Crippen LogP) is 2.77. The van der Waals surface area contributed by atoms with Gasteiger partial charge in [0.2, 0.25) is 0 Å². The first-order chi connectivity index (χ1) is 8.09. The van der Waals surface area contributed by atoms with E-state index in [4.69, 9.17) is 0 Å². The van der Waals surface area contributed by atoms with Crippen LogP contribution in [0.4, 0.5) is 0 Å². The average molecular weight is 235 g/mol. The summed E-state index contributed by atoms with van der Waals surface area (Å²) in [7, 11) is 0. The number of aromatic nitrogens is 2. The lowest BCUT2D eigenvalue weighted by molar-refractivity contribution is 0.515. The second kappa shape index (κ2) is 5.21. The van der Waals surface area contributed by atoms with Crippen molar-refractivity contribution in [3.8, 4) is 0 Å². The van der Waals surface area contributed by atoms with E-state index in [9.17, 15) is 0 Å². The highest BCUT2D eigenvalue weighted by Crippen LogP contribution is 2.20. The molecule has 0 amide bonds. The molecule has 1 saturated carbocycles. The summed E-state index contributed by atoms with van der Waals surface area (Å²) in [6.07, 6.45) is 5.14. The standard InChI is InChI=1S/C14H25N3/c1-10(2)17-12(4)14(11(3)16-17)6-5-9-15-13-7-8-13/h10,13,15H,5-9H2,1-4H3. The Morgan fingerprint density at radius 3 is 2.59 bits per heavy atom. The fraction of sp³-hybridized carbons (Fsp3) is 0.786. The quantitative estimate of drug-likeness (QED) is 0.768. The van der Waals surface area contributed by atoms with E-state index in [1.165, 1.54) is 36.2 Å². The maximum Gasteiger partial charge on any atom is 0.0628 e. The molecule has 1 aliphatic rings. The second-order valence-electron chi connectivity index (χ2n) is 5.52. The molecule has 1 N–H and O–H groups in total. The second-order valence-corrected chi connectivity index (χ2v) is 5.52. The summed E-state index contributed by atoms with van der Waals surface area (Å²) < 4.78 is 2.15. The molecule has 3 heteroatoms. The minimum atomic E-state index is 0.465. The predicted molar refractivity (Wildman–Crippen MR) is 71.4 cm³/mol. The van der Waals surface area contributed by atoms with Gasteiger partial charge in [-0.15, -0.1) is 0 Å². The third-order valence-corrected chi connectivity index (χ3v) is 3.58. The summed E-state index contributed by atoms with van der Waals surface area (Å²) in [6, 6.07) is 1.29. The molecule has 1 heterocycles. The molecule has 0 aromatic carbocycles. The molecule has 0 aliphatic heterocycles. The van der Waals surface area contributed by atoms with Gasteiger partial charge in [-0.1, -0.05) is 0 Å². The average Bonchev–Trinajstić information content (AvgIpc) is 3.04. The van der Waals surface area contributed by atoms with Gasteiger partial charge in [-0.05, 0) is 65.5 Å². The van der Waals surface area contributed by atoms with Crippen LogP contribution in [-0.4, -0.2) is 22.4 Å². The van der Waals surface area contributed by atoms with Crippen LogP contribution in [0, 0.1) is 13.8 Å². The van der Waals surface area contributed by atoms with Crippen molar-refractivity contribution in [2.75, 3.05) is 6.54 Å². The van der Waals surface area contributed by atoms with Crippen LogP contribution in [0.3, 0.4) is 0 Å². The van der Waals surface area contributed by atoms with Gasteiger partial charge in [-0.25, -0.2) is 0 Å². The van der Waals surface area contributed by atoms with Crippen LogP contribution in [0.15, 0.2) is 0 Å². The van der Waals surface area contributed by atoms with E-state index in [1.54, 1.807) is 0 Å². The third kappa shape index (κ3) is 3.09. The van der Waals surface area contributed by atoms with E-state index < -0.39 is 0 Å². The summed E-state index contributed by atoms with van der Waals surface area (Å²) in [5, 5.41) is 8.20. The van der Waals surface area contributed by atoms with Gasteiger partial charge >= 0.3 is 0 Å². The minimum absolute atomic E-state index is 0.465. The highest BCUT2D eigenvalue weighted by Gasteiger charge is 2.19. The van der Waals surface area contributed by atoms with Crippen LogP contribution >= 0.6 is 0 Å². The third-order valence-electron chi connectivity index (χ3n) is 3.58. The molecule has 0 spiro atoms. The number of aryl methyl sites for hydroxylation is 1. The lowest BCUT2D eigenvalue weighted by Gasteiger charge is -2.08. The van der Waals surface area contributed by atoms with E-state index in [1.807, 2.05) is 0 Å². The highest BCUT2D eigenvalue weighted by molar-refractivity contribution is 5.25. The summed E-state index contributed by atoms with van der Waals surface area (Å²) in [4.78, 5) is 0. The molecule has 0 bridgehead atoms. The smallest absolute Gasteiger partial charge is 0.0628 e. The lowest BCUT2D eigenvalue weighted by Crippen LogP contribution is -2.18. The minimum Gasteiger partial charge on any atom is -0.314 e. The zero-order valence-electron chi connectivity index (χ0n) is 11.6. The SMILES string of the molecule is Cc1nn(C(C)C)c(C)c1CCCNC1CC1. The van der Waals surface area contributed by atoms with Crippen molar-refractivity contribution in [3.05, 3.63) is 17.0 Å². The summed E-state index contributed by atoms with van der Waals surface area (Å²) in [6.45, 7) is 9.87. The van der Waals surface area contributed by atoms with Crippen molar-refractivity contribution in [1.29, 1.82) is 0 Å². The van der Waals surface area contributed by atoms with Gasteiger partial charge in [0.15, 0.2) is 0 Å². The van der Waals surface area contributed by atoms with E-state index in [-0.39, 0.29) is 0 Å². The fourth-order valence-electron chi connectivity index (χ4n) is 2.42. The van der Waals surface area contributed by atoms with Crippen molar-refractivity contribution >= 4 is 0 Å². The van der Waals surface area contributed by atoms with Gasteiger partial charge in [0.25, 0.3) is 0 Å². The van der Waals surface area contributed by atoms with Gasteiger partial charge in [-0.2, -0.15) is 5.10 Å². The molecular weight excluding hydrogens is 210 g/mol. The van der Waals surface area contributed by atoms with Gasteiger partial charge in [0, 0.05) is 17.8 Å². The Hall–Kier alpha value is -0.830. The Kier molecular flexibility index (Phi) is 3.87.